The molecule has 33 heavy (non-hydrogen) atoms. The van der Waals surface area contributed by atoms with Crippen molar-refractivity contribution >= 4 is 28.8 Å². The summed E-state index contributed by atoms with van der Waals surface area (Å²) in [6.07, 6.45) is 0. The van der Waals surface area contributed by atoms with Crippen molar-refractivity contribution in [2.75, 3.05) is 45.2 Å². The molecule has 0 aliphatic carbocycles. The Balaban J connectivity index is 1.43. The molecule has 0 radical (unpaired) electrons. The van der Waals surface area contributed by atoms with E-state index in [4.69, 9.17) is 4.74 Å². The van der Waals surface area contributed by atoms with Gasteiger partial charge in [-0.1, -0.05) is 36.4 Å². The summed E-state index contributed by atoms with van der Waals surface area (Å²) >= 11 is 1.59. The minimum atomic E-state index is -0.416. The van der Waals surface area contributed by atoms with Crippen LogP contribution in [0.25, 0.3) is 0 Å². The van der Waals surface area contributed by atoms with Crippen LogP contribution in [-0.2, 0) is 4.79 Å². The second-order valence-electron chi connectivity index (χ2n) is 8.43. The van der Waals surface area contributed by atoms with E-state index in [0.717, 1.165) is 35.0 Å². The zero-order valence-electron chi connectivity index (χ0n) is 18.8. The normalized spacial score (nSPS) is 20.5. The Hall–Kier alpha value is -3.32. The molecule has 0 bridgehead atoms. The maximum atomic E-state index is 14.0. The molecule has 1 fully saturated rings. The lowest BCUT2D eigenvalue weighted by atomic mass is 9.81. The molecule has 0 saturated carbocycles. The molecule has 170 valence electrons. The van der Waals surface area contributed by atoms with E-state index in [-0.39, 0.29) is 17.9 Å². The number of benzene rings is 2. The maximum absolute atomic E-state index is 14.0. The molecule has 0 N–H and O–H groups in total. The predicted octanol–water partition coefficient (Wildman–Crippen LogP) is 4.02. The number of carbonyl (C=O) groups is 2. The van der Waals surface area contributed by atoms with Gasteiger partial charge in [-0.05, 0) is 35.2 Å². The molecule has 6 nitrogen and oxygen atoms in total. The Morgan fingerprint density at radius 3 is 2.42 bits per heavy atom. The van der Waals surface area contributed by atoms with Gasteiger partial charge < -0.3 is 19.4 Å². The van der Waals surface area contributed by atoms with Crippen LogP contribution >= 0.6 is 11.3 Å². The van der Waals surface area contributed by atoms with Crippen molar-refractivity contribution < 1.29 is 14.3 Å². The van der Waals surface area contributed by atoms with Crippen LogP contribution < -0.4 is 9.64 Å². The van der Waals surface area contributed by atoms with E-state index in [1.165, 1.54) is 0 Å². The monoisotopic (exact) mass is 461 g/mol. The number of anilines is 1. The third-order valence-corrected chi connectivity index (χ3v) is 7.64. The molecular weight excluding hydrogens is 434 g/mol. The molecule has 0 spiro atoms. The highest BCUT2D eigenvalue weighted by Crippen LogP contribution is 2.44. The van der Waals surface area contributed by atoms with Crippen molar-refractivity contribution in [1.82, 2.24) is 9.80 Å². The van der Waals surface area contributed by atoms with Crippen molar-refractivity contribution in [2.45, 2.75) is 12.0 Å². The number of hydrogen-bond donors (Lipinski definition) is 0. The molecule has 2 aliphatic rings. The van der Waals surface area contributed by atoms with Crippen LogP contribution in [0, 0.1) is 0 Å². The fourth-order valence-corrected chi connectivity index (χ4v) is 5.92. The standard InChI is InChI=1S/C26H27N3O3S/c1-27-24(22-12-7-17-33-22)23(18-8-3-4-9-19(18)25(27)30)26(31)29-15-13-28(14-16-29)20-10-5-6-11-21(20)32-2/h3-12,17,23-24H,13-16H2,1-2H3. The average molecular weight is 462 g/mol. The Labute approximate surface area is 198 Å². The molecule has 3 heterocycles. The van der Waals surface area contributed by atoms with E-state index in [2.05, 4.69) is 11.0 Å². The number of piperazine rings is 1. The lowest BCUT2D eigenvalue weighted by Gasteiger charge is -2.43. The summed E-state index contributed by atoms with van der Waals surface area (Å²) in [5, 5.41) is 2.00. The first kappa shape index (κ1) is 21.5. The van der Waals surface area contributed by atoms with Gasteiger partial charge in [0, 0.05) is 43.7 Å². The van der Waals surface area contributed by atoms with Gasteiger partial charge in [0.2, 0.25) is 5.91 Å². The lowest BCUT2D eigenvalue weighted by Crippen LogP contribution is -2.53. The lowest BCUT2D eigenvalue weighted by molar-refractivity contribution is -0.134. The average Bonchev–Trinajstić information content (AvgIpc) is 3.40. The minimum Gasteiger partial charge on any atom is -0.495 e. The molecule has 1 aromatic heterocycles. The fraction of sp³-hybridized carbons (Fsp3) is 0.308. The number of nitrogens with zero attached hydrogens (tertiary/aromatic N) is 3. The number of para-hydroxylation sites is 2. The molecule has 5 rings (SSSR count). The highest BCUT2D eigenvalue weighted by molar-refractivity contribution is 7.10. The van der Waals surface area contributed by atoms with Gasteiger partial charge in [-0.3, -0.25) is 9.59 Å². The molecule has 2 aliphatic heterocycles. The van der Waals surface area contributed by atoms with Crippen LogP contribution in [0.2, 0.25) is 0 Å². The molecule has 2 aromatic carbocycles. The molecular formula is C26H27N3O3S. The first-order valence-electron chi connectivity index (χ1n) is 11.2. The second kappa shape index (κ2) is 8.90. The number of rotatable bonds is 4. The van der Waals surface area contributed by atoms with E-state index < -0.39 is 5.92 Å². The quantitative estimate of drug-likeness (QED) is 0.589. The first-order valence-corrected chi connectivity index (χ1v) is 12.0. The first-order chi connectivity index (χ1) is 16.1. The van der Waals surface area contributed by atoms with Gasteiger partial charge in [0.15, 0.2) is 0 Å². The van der Waals surface area contributed by atoms with Gasteiger partial charge in [-0.2, -0.15) is 0 Å². The van der Waals surface area contributed by atoms with Crippen LogP contribution in [0.15, 0.2) is 66.0 Å². The van der Waals surface area contributed by atoms with Crippen molar-refractivity contribution in [1.29, 1.82) is 0 Å². The zero-order chi connectivity index (χ0) is 22.9. The minimum absolute atomic E-state index is 0.0333. The van der Waals surface area contributed by atoms with Gasteiger partial charge in [0.25, 0.3) is 5.91 Å². The highest BCUT2D eigenvalue weighted by Gasteiger charge is 2.44. The number of carbonyl (C=O) groups excluding carboxylic acids is 2. The van der Waals surface area contributed by atoms with E-state index in [1.54, 1.807) is 23.3 Å². The van der Waals surface area contributed by atoms with Crippen molar-refractivity contribution in [2.24, 2.45) is 0 Å². The van der Waals surface area contributed by atoms with Crippen LogP contribution in [-0.4, -0.2) is 62.0 Å². The van der Waals surface area contributed by atoms with Gasteiger partial charge in [-0.15, -0.1) is 11.3 Å². The molecule has 1 saturated heterocycles. The number of methoxy groups -OCH3 is 1. The Morgan fingerprint density at radius 1 is 0.970 bits per heavy atom. The number of hydrogen-bond acceptors (Lipinski definition) is 5. The molecule has 7 heteroatoms. The summed E-state index contributed by atoms with van der Waals surface area (Å²) in [6.45, 7) is 2.73. The third-order valence-electron chi connectivity index (χ3n) is 6.70. The van der Waals surface area contributed by atoms with Crippen LogP contribution in [0.4, 0.5) is 5.69 Å². The van der Waals surface area contributed by atoms with Crippen molar-refractivity contribution in [3.8, 4) is 5.75 Å². The maximum Gasteiger partial charge on any atom is 0.254 e. The Bertz CT molecular complexity index is 1160. The highest BCUT2D eigenvalue weighted by atomic mass is 32.1. The van der Waals surface area contributed by atoms with Crippen molar-refractivity contribution in [3.63, 3.8) is 0 Å². The smallest absolute Gasteiger partial charge is 0.254 e. The second-order valence-corrected chi connectivity index (χ2v) is 9.40. The summed E-state index contributed by atoms with van der Waals surface area (Å²) in [5.41, 5.74) is 2.51. The molecule has 2 amide bonds. The summed E-state index contributed by atoms with van der Waals surface area (Å²) in [7, 11) is 3.49. The van der Waals surface area contributed by atoms with Gasteiger partial charge in [-0.25, -0.2) is 0 Å². The Kier molecular flexibility index (Phi) is 5.81. The van der Waals surface area contributed by atoms with Gasteiger partial charge >= 0.3 is 0 Å². The molecule has 2 unspecified atom stereocenters. The van der Waals surface area contributed by atoms with E-state index >= 15 is 0 Å². The number of thiophene rings is 1. The largest absolute Gasteiger partial charge is 0.495 e. The van der Waals surface area contributed by atoms with Gasteiger partial charge in [0.1, 0.15) is 5.75 Å². The fourth-order valence-electron chi connectivity index (χ4n) is 5.01. The summed E-state index contributed by atoms with van der Waals surface area (Å²) in [6, 6.07) is 19.2. The van der Waals surface area contributed by atoms with E-state index in [0.29, 0.717) is 18.7 Å². The number of fused-ring (bicyclic) bond motifs is 1. The third kappa shape index (κ3) is 3.76. The van der Waals surface area contributed by atoms with Crippen LogP contribution in [0.3, 0.4) is 0 Å². The van der Waals surface area contributed by atoms with E-state index in [9.17, 15) is 9.59 Å². The number of amides is 2. The van der Waals surface area contributed by atoms with Gasteiger partial charge in [0.05, 0.1) is 24.8 Å². The van der Waals surface area contributed by atoms with Crippen molar-refractivity contribution in [3.05, 3.63) is 82.0 Å². The zero-order valence-corrected chi connectivity index (χ0v) is 19.6. The predicted molar refractivity (Wildman–Crippen MR) is 130 cm³/mol. The number of ether oxygens (including phenoxy) is 1. The number of likely N-dealkylation sites (N-methyl/N-ethyl adjacent to an activating group) is 1. The SMILES string of the molecule is COc1ccccc1N1CCN(C(=O)C2c3ccccc3C(=O)N(C)C2c2cccs2)CC1. The summed E-state index contributed by atoms with van der Waals surface area (Å²) in [4.78, 5) is 34.1. The Morgan fingerprint density at radius 2 is 1.70 bits per heavy atom. The summed E-state index contributed by atoms with van der Waals surface area (Å²) < 4.78 is 5.53. The molecule has 2 atom stereocenters. The summed E-state index contributed by atoms with van der Waals surface area (Å²) in [5.74, 6) is 0.477. The molecule has 3 aromatic rings. The van der Waals surface area contributed by atoms with Crippen LogP contribution in [0.5, 0.6) is 5.75 Å². The topological polar surface area (TPSA) is 53.1 Å². The van der Waals surface area contributed by atoms with E-state index in [1.807, 2.05) is 71.9 Å². The van der Waals surface area contributed by atoms with Crippen LogP contribution in [0.1, 0.15) is 32.8 Å².